The van der Waals surface area contributed by atoms with Crippen LogP contribution in [-0.2, 0) is 0 Å². The Hall–Kier alpha value is -2.92. The molecule has 5 heteroatoms. The topological polar surface area (TPSA) is 66.0 Å². The fourth-order valence-corrected chi connectivity index (χ4v) is 1.48. The molecule has 0 heterocycles. The molecule has 0 spiro atoms. The molecule has 0 amide bonds. The summed E-state index contributed by atoms with van der Waals surface area (Å²) < 4.78 is 10.7. The van der Waals surface area contributed by atoms with Gasteiger partial charge in [0.15, 0.2) is 0 Å². The van der Waals surface area contributed by atoms with Crippen LogP contribution in [0.1, 0.15) is 11.1 Å². The van der Waals surface area contributed by atoms with Crippen LogP contribution in [0.4, 0.5) is 0 Å². The smallest absolute Gasteiger partial charge is 0.528 e. The quantitative estimate of drug-likeness (QED) is 0.777. The average Bonchev–Trinajstić information content (AvgIpc) is 2.48. The Balaban J connectivity index is 1.93. The number of hydrogen-bond donors (Lipinski definition) is 0. The lowest BCUT2D eigenvalue weighted by atomic mass is 10.2. The highest BCUT2D eigenvalue weighted by Crippen LogP contribution is 2.14. The number of rotatable bonds is 4. The Morgan fingerprint density at radius 2 is 1.26 bits per heavy atom. The molecule has 0 aromatic heterocycles. The average molecular weight is 248 g/mol. The highest BCUT2D eigenvalue weighted by molar-refractivity contribution is 6.20. The van der Waals surface area contributed by atoms with E-state index in [0.29, 0.717) is 22.6 Å². The normalized spacial score (nSPS) is 8.95. The van der Waals surface area contributed by atoms with Crippen molar-refractivity contribution in [3.63, 3.8) is 0 Å². The van der Waals surface area contributed by atoms with Gasteiger partial charge in [-0.3, -0.25) is 0 Å². The summed E-state index contributed by atoms with van der Waals surface area (Å²) in [7, 11) is 0.0176. The van der Waals surface area contributed by atoms with E-state index in [1.807, 2.05) is 12.1 Å². The molecule has 0 atom stereocenters. The van der Waals surface area contributed by atoms with Gasteiger partial charge in [0.05, 0.1) is 23.3 Å². The first-order chi connectivity index (χ1) is 9.31. The molecule has 2 aromatic rings. The third kappa shape index (κ3) is 3.52. The summed E-state index contributed by atoms with van der Waals surface area (Å²) in [6.07, 6.45) is 0. The maximum Gasteiger partial charge on any atom is 0.576 e. The Bertz CT molecular complexity index is 601. The van der Waals surface area contributed by atoms with Crippen LogP contribution in [0.3, 0.4) is 0 Å². The van der Waals surface area contributed by atoms with E-state index in [-0.39, 0.29) is 7.69 Å². The van der Waals surface area contributed by atoms with E-state index in [1.165, 1.54) is 0 Å². The summed E-state index contributed by atoms with van der Waals surface area (Å²) in [5.74, 6) is 1.13. The summed E-state index contributed by atoms with van der Waals surface area (Å²) in [5.41, 5.74) is 1.06. The van der Waals surface area contributed by atoms with Crippen molar-refractivity contribution in [3.05, 3.63) is 59.7 Å². The number of benzene rings is 2. The van der Waals surface area contributed by atoms with Gasteiger partial charge < -0.3 is 9.31 Å². The highest BCUT2D eigenvalue weighted by atomic mass is 16.6. The van der Waals surface area contributed by atoms with Crippen molar-refractivity contribution < 1.29 is 9.31 Å². The minimum atomic E-state index is 0.0176. The fourth-order valence-electron chi connectivity index (χ4n) is 1.48. The molecular weight excluding hydrogens is 239 g/mol. The van der Waals surface area contributed by atoms with Gasteiger partial charge in [-0.25, -0.2) is 0 Å². The van der Waals surface area contributed by atoms with E-state index >= 15 is 0 Å². The first-order valence-corrected chi connectivity index (χ1v) is 5.58. The van der Waals surface area contributed by atoms with Gasteiger partial charge in [0.1, 0.15) is 11.5 Å². The minimum absolute atomic E-state index is 0.0176. The Morgan fingerprint density at radius 3 is 1.68 bits per heavy atom. The minimum Gasteiger partial charge on any atom is -0.528 e. The van der Waals surface area contributed by atoms with Crippen LogP contribution in [0.15, 0.2) is 48.5 Å². The van der Waals surface area contributed by atoms with Crippen molar-refractivity contribution in [1.82, 2.24) is 0 Å². The molecule has 2 aromatic carbocycles. The molecule has 2 rings (SSSR count). The molecule has 19 heavy (non-hydrogen) atoms. The number of nitrogens with zero attached hydrogens (tertiary/aromatic N) is 2. The maximum absolute atomic E-state index is 8.76. The molecule has 0 radical (unpaired) electrons. The largest absolute Gasteiger partial charge is 0.576 e. The van der Waals surface area contributed by atoms with Gasteiger partial charge in [-0.2, -0.15) is 10.5 Å². The molecule has 4 nitrogen and oxygen atoms in total. The van der Waals surface area contributed by atoms with Crippen molar-refractivity contribution in [2.45, 2.75) is 0 Å². The second kappa shape index (κ2) is 6.14. The standard InChI is InChI=1S/C14H9BN2O2/c16-9-11-3-1-5-13(7-11)18-15-19-14-6-2-4-12(8-14)10-17/h1-8,15H. The molecule has 0 saturated heterocycles. The monoisotopic (exact) mass is 248 g/mol. The predicted molar refractivity (Wildman–Crippen MR) is 70.7 cm³/mol. The molecule has 0 N–H and O–H groups in total. The lowest BCUT2D eigenvalue weighted by Gasteiger charge is -2.07. The van der Waals surface area contributed by atoms with E-state index in [2.05, 4.69) is 0 Å². The molecule has 0 bridgehead atoms. The third-order valence-electron chi connectivity index (χ3n) is 2.38. The van der Waals surface area contributed by atoms with Gasteiger partial charge in [0.25, 0.3) is 0 Å². The zero-order valence-corrected chi connectivity index (χ0v) is 10.0. The van der Waals surface area contributed by atoms with Gasteiger partial charge in [-0.05, 0) is 36.4 Å². The first-order valence-electron chi connectivity index (χ1n) is 5.58. The molecule has 0 fully saturated rings. The SMILES string of the molecule is N#Cc1cccc(OBOc2cccc(C#N)c2)c1. The van der Waals surface area contributed by atoms with E-state index < -0.39 is 0 Å². The van der Waals surface area contributed by atoms with Crippen molar-refractivity contribution in [2.75, 3.05) is 0 Å². The van der Waals surface area contributed by atoms with Crippen LogP contribution in [0.2, 0.25) is 0 Å². The highest BCUT2D eigenvalue weighted by Gasteiger charge is 2.01. The second-order valence-electron chi connectivity index (χ2n) is 3.69. The Labute approximate surface area is 111 Å². The summed E-state index contributed by atoms with van der Waals surface area (Å²) in [5, 5.41) is 17.5. The van der Waals surface area contributed by atoms with Crippen LogP contribution in [0.25, 0.3) is 0 Å². The van der Waals surface area contributed by atoms with E-state index in [1.54, 1.807) is 48.5 Å². The summed E-state index contributed by atoms with van der Waals surface area (Å²) in [6, 6.07) is 17.7. The van der Waals surface area contributed by atoms with E-state index in [9.17, 15) is 0 Å². The van der Waals surface area contributed by atoms with Gasteiger partial charge in [0, 0.05) is 0 Å². The first kappa shape index (κ1) is 12.5. The zero-order chi connectivity index (χ0) is 13.5. The molecule has 0 aliphatic carbocycles. The number of nitriles is 2. The molecule has 0 aliphatic heterocycles. The van der Waals surface area contributed by atoms with Crippen LogP contribution in [0, 0.1) is 22.7 Å². The predicted octanol–water partition coefficient (Wildman–Crippen LogP) is 2.15. The molecule has 90 valence electrons. The van der Waals surface area contributed by atoms with Gasteiger partial charge in [0.2, 0.25) is 0 Å². The van der Waals surface area contributed by atoms with Crippen LogP contribution in [0.5, 0.6) is 11.5 Å². The maximum atomic E-state index is 8.76. The van der Waals surface area contributed by atoms with Crippen LogP contribution in [-0.4, -0.2) is 7.69 Å². The van der Waals surface area contributed by atoms with E-state index in [0.717, 1.165) is 0 Å². The molecule has 0 saturated carbocycles. The van der Waals surface area contributed by atoms with Crippen molar-refractivity contribution in [2.24, 2.45) is 0 Å². The third-order valence-corrected chi connectivity index (χ3v) is 2.38. The molecule has 0 unspecified atom stereocenters. The Kier molecular flexibility index (Phi) is 4.05. The Morgan fingerprint density at radius 1 is 0.789 bits per heavy atom. The number of hydrogen-bond acceptors (Lipinski definition) is 4. The molecule has 0 aliphatic rings. The zero-order valence-electron chi connectivity index (χ0n) is 10.0. The van der Waals surface area contributed by atoms with Gasteiger partial charge in [-0.1, -0.05) is 12.1 Å². The van der Waals surface area contributed by atoms with Crippen molar-refractivity contribution >= 4 is 7.69 Å². The van der Waals surface area contributed by atoms with Crippen LogP contribution < -0.4 is 9.31 Å². The molecular formula is C14H9BN2O2. The summed E-state index contributed by atoms with van der Waals surface area (Å²) >= 11 is 0. The summed E-state index contributed by atoms with van der Waals surface area (Å²) in [4.78, 5) is 0. The lowest BCUT2D eigenvalue weighted by molar-refractivity contribution is 0.459. The van der Waals surface area contributed by atoms with Crippen molar-refractivity contribution in [3.8, 4) is 23.6 Å². The van der Waals surface area contributed by atoms with Gasteiger partial charge >= 0.3 is 7.69 Å². The summed E-state index contributed by atoms with van der Waals surface area (Å²) in [6.45, 7) is 0. The lowest BCUT2D eigenvalue weighted by Crippen LogP contribution is -2.10. The van der Waals surface area contributed by atoms with Crippen molar-refractivity contribution in [1.29, 1.82) is 10.5 Å². The van der Waals surface area contributed by atoms with E-state index in [4.69, 9.17) is 19.8 Å². The second-order valence-corrected chi connectivity index (χ2v) is 3.69. The fraction of sp³-hybridized carbons (Fsp3) is 0. The van der Waals surface area contributed by atoms with Gasteiger partial charge in [-0.15, -0.1) is 0 Å². The van der Waals surface area contributed by atoms with Crippen LogP contribution >= 0.6 is 0 Å².